The summed E-state index contributed by atoms with van der Waals surface area (Å²) in [6, 6.07) is 20.6. The van der Waals surface area contributed by atoms with Crippen molar-refractivity contribution in [2.24, 2.45) is 0 Å². The lowest BCUT2D eigenvalue weighted by atomic mass is 10.2. The molecule has 1 amide bonds. The SMILES string of the molecule is COc1ccccc1NC(=O)CN(c1ccc(C)cc1)S(=O)(=O)c1ccc(SC)cc1. The number of amides is 1. The van der Waals surface area contributed by atoms with Crippen molar-refractivity contribution in [3.8, 4) is 5.75 Å². The molecule has 0 unspecified atom stereocenters. The van der Waals surface area contributed by atoms with Crippen LogP contribution in [0.25, 0.3) is 0 Å². The van der Waals surface area contributed by atoms with E-state index in [1.807, 2.05) is 25.3 Å². The molecule has 0 aliphatic carbocycles. The molecule has 0 saturated carbocycles. The maximum atomic E-state index is 13.4. The largest absolute Gasteiger partial charge is 0.495 e. The lowest BCUT2D eigenvalue weighted by Gasteiger charge is -2.24. The highest BCUT2D eigenvalue weighted by molar-refractivity contribution is 7.98. The van der Waals surface area contributed by atoms with Gasteiger partial charge in [0.25, 0.3) is 10.0 Å². The number of methoxy groups -OCH3 is 1. The number of para-hydroxylation sites is 2. The van der Waals surface area contributed by atoms with Gasteiger partial charge in [0.15, 0.2) is 0 Å². The first-order valence-electron chi connectivity index (χ1n) is 9.51. The molecule has 6 nitrogen and oxygen atoms in total. The van der Waals surface area contributed by atoms with Crippen LogP contribution in [0.3, 0.4) is 0 Å². The third-order valence-electron chi connectivity index (χ3n) is 4.64. The molecule has 0 aliphatic rings. The molecule has 0 radical (unpaired) electrons. The lowest BCUT2D eigenvalue weighted by Crippen LogP contribution is -2.38. The van der Waals surface area contributed by atoms with Crippen LogP contribution < -0.4 is 14.4 Å². The molecule has 3 aromatic carbocycles. The number of hydrogen-bond donors (Lipinski definition) is 1. The van der Waals surface area contributed by atoms with Gasteiger partial charge in [-0.2, -0.15) is 0 Å². The van der Waals surface area contributed by atoms with Gasteiger partial charge in [0.2, 0.25) is 5.91 Å². The van der Waals surface area contributed by atoms with Gasteiger partial charge in [0.05, 0.1) is 23.4 Å². The van der Waals surface area contributed by atoms with E-state index < -0.39 is 15.9 Å². The van der Waals surface area contributed by atoms with E-state index in [1.54, 1.807) is 60.7 Å². The summed E-state index contributed by atoms with van der Waals surface area (Å²) in [7, 11) is -2.46. The quantitative estimate of drug-likeness (QED) is 0.503. The second-order valence-electron chi connectivity index (χ2n) is 6.77. The van der Waals surface area contributed by atoms with Crippen LogP contribution in [0.4, 0.5) is 11.4 Å². The van der Waals surface area contributed by atoms with E-state index in [9.17, 15) is 13.2 Å². The fourth-order valence-corrected chi connectivity index (χ4v) is 4.80. The molecule has 0 atom stereocenters. The number of nitrogens with one attached hydrogen (secondary N) is 1. The van der Waals surface area contributed by atoms with Crippen LogP contribution in [0.2, 0.25) is 0 Å². The molecular weight excluding hydrogens is 432 g/mol. The van der Waals surface area contributed by atoms with Crippen LogP contribution in [0, 0.1) is 6.92 Å². The molecule has 31 heavy (non-hydrogen) atoms. The van der Waals surface area contributed by atoms with Crippen molar-refractivity contribution in [1.82, 2.24) is 0 Å². The summed E-state index contributed by atoms with van der Waals surface area (Å²) in [5.41, 5.74) is 1.87. The number of carbonyl (C=O) groups is 1. The van der Waals surface area contributed by atoms with Gasteiger partial charge >= 0.3 is 0 Å². The molecule has 0 saturated heterocycles. The van der Waals surface area contributed by atoms with E-state index >= 15 is 0 Å². The van der Waals surface area contributed by atoms with Gasteiger partial charge in [0, 0.05) is 4.90 Å². The van der Waals surface area contributed by atoms with Crippen molar-refractivity contribution in [2.45, 2.75) is 16.7 Å². The molecule has 1 N–H and O–H groups in total. The summed E-state index contributed by atoms with van der Waals surface area (Å²) in [6.07, 6.45) is 1.92. The Morgan fingerprint density at radius 2 is 1.65 bits per heavy atom. The Kier molecular flexibility index (Phi) is 7.25. The van der Waals surface area contributed by atoms with Gasteiger partial charge in [-0.3, -0.25) is 9.10 Å². The molecule has 0 aromatic heterocycles. The van der Waals surface area contributed by atoms with Gasteiger partial charge in [-0.1, -0.05) is 29.8 Å². The van der Waals surface area contributed by atoms with Crippen LogP contribution in [-0.4, -0.2) is 34.2 Å². The second kappa shape index (κ2) is 9.89. The maximum absolute atomic E-state index is 13.4. The van der Waals surface area contributed by atoms with Gasteiger partial charge in [-0.05, 0) is 61.7 Å². The zero-order valence-corrected chi connectivity index (χ0v) is 19.2. The van der Waals surface area contributed by atoms with Crippen LogP contribution in [0.5, 0.6) is 5.75 Å². The predicted molar refractivity (Wildman–Crippen MR) is 126 cm³/mol. The molecule has 0 spiro atoms. The number of sulfonamides is 1. The van der Waals surface area contributed by atoms with E-state index in [0.29, 0.717) is 17.1 Å². The van der Waals surface area contributed by atoms with Gasteiger partial charge in [-0.25, -0.2) is 8.42 Å². The van der Waals surface area contributed by atoms with Gasteiger partial charge in [0.1, 0.15) is 12.3 Å². The molecular formula is C23H24N2O4S2. The first-order chi connectivity index (χ1) is 14.8. The minimum absolute atomic E-state index is 0.121. The first kappa shape index (κ1) is 22.7. The van der Waals surface area contributed by atoms with Crippen molar-refractivity contribution >= 4 is 39.1 Å². The normalized spacial score (nSPS) is 11.1. The number of aryl methyl sites for hydroxylation is 1. The number of carbonyl (C=O) groups excluding carboxylic acids is 1. The Morgan fingerprint density at radius 3 is 2.26 bits per heavy atom. The average Bonchev–Trinajstić information content (AvgIpc) is 2.78. The number of nitrogens with zero attached hydrogens (tertiary/aromatic N) is 1. The second-order valence-corrected chi connectivity index (χ2v) is 9.51. The topological polar surface area (TPSA) is 75.7 Å². The van der Waals surface area contributed by atoms with Crippen molar-refractivity contribution in [2.75, 3.05) is 29.5 Å². The van der Waals surface area contributed by atoms with Crippen molar-refractivity contribution in [3.63, 3.8) is 0 Å². The first-order valence-corrected chi connectivity index (χ1v) is 12.2. The van der Waals surface area contributed by atoms with Crippen LogP contribution in [0.1, 0.15) is 5.56 Å². The smallest absolute Gasteiger partial charge is 0.264 e. The Morgan fingerprint density at radius 1 is 1.00 bits per heavy atom. The van der Waals surface area contributed by atoms with Crippen molar-refractivity contribution < 1.29 is 17.9 Å². The summed E-state index contributed by atoms with van der Waals surface area (Å²) in [6.45, 7) is 1.53. The zero-order chi connectivity index (χ0) is 22.4. The summed E-state index contributed by atoms with van der Waals surface area (Å²) < 4.78 is 33.3. The van der Waals surface area contributed by atoms with Crippen LogP contribution in [0.15, 0.2) is 82.6 Å². The van der Waals surface area contributed by atoms with E-state index in [2.05, 4.69) is 5.32 Å². The van der Waals surface area contributed by atoms with Crippen LogP contribution >= 0.6 is 11.8 Å². The van der Waals surface area contributed by atoms with Gasteiger partial charge in [-0.15, -0.1) is 11.8 Å². The van der Waals surface area contributed by atoms with Crippen molar-refractivity contribution in [3.05, 3.63) is 78.4 Å². The average molecular weight is 457 g/mol. The third-order valence-corrected chi connectivity index (χ3v) is 7.17. The number of ether oxygens (including phenoxy) is 1. The molecule has 0 bridgehead atoms. The fourth-order valence-electron chi connectivity index (χ4n) is 2.97. The highest BCUT2D eigenvalue weighted by Gasteiger charge is 2.27. The minimum atomic E-state index is -3.96. The highest BCUT2D eigenvalue weighted by Crippen LogP contribution is 2.27. The lowest BCUT2D eigenvalue weighted by molar-refractivity contribution is -0.114. The fraction of sp³-hybridized carbons (Fsp3) is 0.174. The monoisotopic (exact) mass is 456 g/mol. The van der Waals surface area contributed by atoms with E-state index in [0.717, 1.165) is 14.8 Å². The third kappa shape index (κ3) is 5.39. The number of rotatable bonds is 8. The Bertz CT molecular complexity index is 1140. The molecule has 0 fully saturated rings. The van der Waals surface area contributed by atoms with E-state index in [4.69, 9.17) is 4.74 Å². The number of hydrogen-bond acceptors (Lipinski definition) is 5. The molecule has 0 aliphatic heterocycles. The predicted octanol–water partition coefficient (Wildman–Crippen LogP) is 4.56. The molecule has 8 heteroatoms. The highest BCUT2D eigenvalue weighted by atomic mass is 32.2. The Labute approximate surface area is 187 Å². The molecule has 3 aromatic rings. The number of anilines is 2. The molecule has 0 heterocycles. The van der Waals surface area contributed by atoms with Crippen molar-refractivity contribution in [1.29, 1.82) is 0 Å². The summed E-state index contributed by atoms with van der Waals surface area (Å²) in [5, 5.41) is 2.74. The summed E-state index contributed by atoms with van der Waals surface area (Å²) >= 11 is 1.53. The zero-order valence-electron chi connectivity index (χ0n) is 17.5. The van der Waals surface area contributed by atoms with E-state index in [1.165, 1.54) is 18.9 Å². The number of thioether (sulfide) groups is 1. The number of benzene rings is 3. The minimum Gasteiger partial charge on any atom is -0.495 e. The standard InChI is InChI=1S/C23H24N2O4S2/c1-17-8-10-18(11-9-17)25(31(27,28)20-14-12-19(30-3)13-15-20)16-23(26)24-21-6-4-5-7-22(21)29-2/h4-15H,16H2,1-3H3,(H,24,26). The van der Waals surface area contributed by atoms with Gasteiger partial charge < -0.3 is 10.1 Å². The summed E-state index contributed by atoms with van der Waals surface area (Å²) in [5.74, 6) is 0.0163. The Hall–Kier alpha value is -2.97. The maximum Gasteiger partial charge on any atom is 0.264 e. The van der Waals surface area contributed by atoms with Crippen LogP contribution in [-0.2, 0) is 14.8 Å². The van der Waals surface area contributed by atoms with E-state index in [-0.39, 0.29) is 11.4 Å². The summed E-state index contributed by atoms with van der Waals surface area (Å²) in [4.78, 5) is 13.9. The molecule has 162 valence electrons. The molecule has 3 rings (SSSR count). The Balaban J connectivity index is 1.94.